The van der Waals surface area contributed by atoms with Crippen LogP contribution in [-0.2, 0) is 12.8 Å². The standard InChI is InChI=1S/C21H24Cl2N2OS/c1-4-21(2,3)11-8-9-12-15(10-11)27-20-16(12)19(26)24-18(25-20)17-13(22)6-5-7-14(17)23/h5-7,11,18,25H,4,8-10H2,1-3H3,(H,24,26)/t11-,18-/m1/s1. The van der Waals surface area contributed by atoms with Crippen molar-refractivity contribution >= 4 is 45.4 Å². The Morgan fingerprint density at radius 2 is 1.93 bits per heavy atom. The molecule has 4 rings (SSSR count). The number of thiophene rings is 1. The van der Waals surface area contributed by atoms with Crippen LogP contribution in [0.4, 0.5) is 5.00 Å². The predicted octanol–water partition coefficient (Wildman–Crippen LogP) is 6.45. The zero-order chi connectivity index (χ0) is 19.3. The Labute approximate surface area is 174 Å². The fraction of sp³-hybridized carbons (Fsp3) is 0.476. The lowest BCUT2D eigenvalue weighted by Crippen LogP contribution is -2.38. The second kappa shape index (κ2) is 6.98. The molecule has 1 aliphatic carbocycles. The maximum atomic E-state index is 12.9. The van der Waals surface area contributed by atoms with E-state index in [0.29, 0.717) is 21.4 Å². The Morgan fingerprint density at radius 1 is 1.22 bits per heavy atom. The van der Waals surface area contributed by atoms with Crippen molar-refractivity contribution in [2.45, 2.75) is 52.6 Å². The first-order valence-corrected chi connectivity index (χ1v) is 11.0. The predicted molar refractivity (Wildman–Crippen MR) is 114 cm³/mol. The van der Waals surface area contributed by atoms with Gasteiger partial charge in [-0.05, 0) is 48.3 Å². The third-order valence-electron chi connectivity index (χ3n) is 6.35. The van der Waals surface area contributed by atoms with Crippen LogP contribution in [0.1, 0.15) is 66.1 Å². The van der Waals surface area contributed by atoms with Crippen LogP contribution < -0.4 is 10.6 Å². The van der Waals surface area contributed by atoms with E-state index in [2.05, 4.69) is 31.4 Å². The highest BCUT2D eigenvalue weighted by molar-refractivity contribution is 7.16. The number of carbonyl (C=O) groups is 1. The Kier molecular flexibility index (Phi) is 4.94. The van der Waals surface area contributed by atoms with E-state index in [1.165, 1.54) is 16.9 Å². The summed E-state index contributed by atoms with van der Waals surface area (Å²) in [6.45, 7) is 6.98. The summed E-state index contributed by atoms with van der Waals surface area (Å²) in [6, 6.07) is 5.40. The van der Waals surface area contributed by atoms with Crippen LogP contribution in [0.15, 0.2) is 18.2 Å². The minimum atomic E-state index is -0.408. The Bertz CT molecular complexity index is 886. The smallest absolute Gasteiger partial charge is 0.256 e. The molecule has 1 aromatic carbocycles. The average Bonchev–Trinajstić information content (AvgIpc) is 2.99. The lowest BCUT2D eigenvalue weighted by atomic mass is 9.69. The maximum absolute atomic E-state index is 12.9. The molecule has 2 aromatic rings. The molecule has 0 saturated carbocycles. The molecule has 144 valence electrons. The molecule has 2 N–H and O–H groups in total. The van der Waals surface area contributed by atoms with Crippen molar-refractivity contribution < 1.29 is 4.79 Å². The fourth-order valence-electron chi connectivity index (χ4n) is 4.18. The molecule has 1 aromatic heterocycles. The van der Waals surface area contributed by atoms with E-state index in [1.807, 2.05) is 6.07 Å². The topological polar surface area (TPSA) is 41.1 Å². The number of hydrogen-bond acceptors (Lipinski definition) is 3. The van der Waals surface area contributed by atoms with Gasteiger partial charge in [0.05, 0.1) is 5.56 Å². The summed E-state index contributed by atoms with van der Waals surface area (Å²) in [6.07, 6.45) is 3.94. The number of benzene rings is 1. The molecule has 1 amide bonds. The van der Waals surface area contributed by atoms with Gasteiger partial charge in [-0.2, -0.15) is 0 Å². The highest BCUT2D eigenvalue weighted by Crippen LogP contribution is 2.47. The normalized spacial score (nSPS) is 21.9. The third-order valence-corrected chi connectivity index (χ3v) is 8.19. The molecule has 0 saturated heterocycles. The number of carbonyl (C=O) groups excluding carboxylic acids is 1. The molecule has 0 spiro atoms. The van der Waals surface area contributed by atoms with E-state index in [1.54, 1.807) is 23.5 Å². The van der Waals surface area contributed by atoms with Crippen molar-refractivity contribution in [2.24, 2.45) is 11.3 Å². The Morgan fingerprint density at radius 3 is 2.59 bits per heavy atom. The molecule has 27 heavy (non-hydrogen) atoms. The number of rotatable bonds is 3. The first-order valence-electron chi connectivity index (χ1n) is 9.47. The number of halogens is 2. The lowest BCUT2D eigenvalue weighted by Gasteiger charge is -2.36. The molecule has 0 radical (unpaired) electrons. The van der Waals surface area contributed by atoms with Crippen molar-refractivity contribution in [3.63, 3.8) is 0 Å². The minimum Gasteiger partial charge on any atom is -0.353 e. The van der Waals surface area contributed by atoms with Crippen LogP contribution in [-0.4, -0.2) is 5.91 Å². The SMILES string of the molecule is CCC(C)(C)[C@@H]1CCc2c(sc3c2C(=O)N[C@@H](c2c(Cl)cccc2Cl)N3)C1. The largest absolute Gasteiger partial charge is 0.353 e. The van der Waals surface area contributed by atoms with Crippen molar-refractivity contribution in [3.8, 4) is 0 Å². The van der Waals surface area contributed by atoms with Crippen LogP contribution >= 0.6 is 34.5 Å². The van der Waals surface area contributed by atoms with Gasteiger partial charge >= 0.3 is 0 Å². The lowest BCUT2D eigenvalue weighted by molar-refractivity contribution is 0.0934. The summed E-state index contributed by atoms with van der Waals surface area (Å²) in [5, 5.41) is 8.56. The van der Waals surface area contributed by atoms with Crippen molar-refractivity contribution in [1.29, 1.82) is 0 Å². The summed E-state index contributed by atoms with van der Waals surface area (Å²) < 4.78 is 0. The summed E-state index contributed by atoms with van der Waals surface area (Å²) in [4.78, 5) is 14.3. The summed E-state index contributed by atoms with van der Waals surface area (Å²) in [5.74, 6) is 0.627. The molecular formula is C21H24Cl2N2OS. The van der Waals surface area contributed by atoms with Crippen molar-refractivity contribution in [1.82, 2.24) is 5.32 Å². The van der Waals surface area contributed by atoms with E-state index in [4.69, 9.17) is 23.2 Å². The summed E-state index contributed by atoms with van der Waals surface area (Å²) in [5.41, 5.74) is 3.09. The zero-order valence-electron chi connectivity index (χ0n) is 15.8. The molecule has 2 atom stereocenters. The molecule has 6 heteroatoms. The summed E-state index contributed by atoms with van der Waals surface area (Å²) in [7, 11) is 0. The molecule has 2 heterocycles. The van der Waals surface area contributed by atoms with E-state index in [0.717, 1.165) is 35.4 Å². The first-order chi connectivity index (χ1) is 12.8. The van der Waals surface area contributed by atoms with Crippen LogP contribution in [0.3, 0.4) is 0 Å². The molecule has 0 unspecified atom stereocenters. The van der Waals surface area contributed by atoms with Crippen LogP contribution in [0, 0.1) is 11.3 Å². The van der Waals surface area contributed by atoms with Crippen LogP contribution in [0.5, 0.6) is 0 Å². The van der Waals surface area contributed by atoms with Gasteiger partial charge in [-0.1, -0.05) is 56.5 Å². The number of hydrogen-bond donors (Lipinski definition) is 2. The zero-order valence-corrected chi connectivity index (χ0v) is 18.1. The number of anilines is 1. The van der Waals surface area contributed by atoms with E-state index < -0.39 is 6.17 Å². The molecule has 0 fully saturated rings. The quantitative estimate of drug-likeness (QED) is 0.596. The second-order valence-electron chi connectivity index (χ2n) is 8.18. The van der Waals surface area contributed by atoms with E-state index in [-0.39, 0.29) is 5.91 Å². The Balaban J connectivity index is 1.67. The molecule has 2 aliphatic rings. The summed E-state index contributed by atoms with van der Waals surface area (Å²) >= 11 is 14.4. The molecule has 0 bridgehead atoms. The van der Waals surface area contributed by atoms with Crippen molar-refractivity contribution in [2.75, 3.05) is 5.32 Å². The molecule has 3 nitrogen and oxygen atoms in total. The van der Waals surface area contributed by atoms with Gasteiger partial charge in [0.25, 0.3) is 5.91 Å². The average molecular weight is 423 g/mol. The highest BCUT2D eigenvalue weighted by Gasteiger charge is 2.37. The van der Waals surface area contributed by atoms with Gasteiger partial charge in [0.2, 0.25) is 0 Å². The third kappa shape index (κ3) is 3.26. The van der Waals surface area contributed by atoms with E-state index in [9.17, 15) is 4.79 Å². The Hall–Kier alpha value is -1.23. The molecular weight excluding hydrogens is 399 g/mol. The minimum absolute atomic E-state index is 0.0320. The van der Waals surface area contributed by atoms with E-state index >= 15 is 0 Å². The van der Waals surface area contributed by atoms with Crippen LogP contribution in [0.2, 0.25) is 10.0 Å². The van der Waals surface area contributed by atoms with Gasteiger partial charge in [0, 0.05) is 20.5 Å². The molecule has 1 aliphatic heterocycles. The number of nitrogens with one attached hydrogen (secondary N) is 2. The van der Waals surface area contributed by atoms with Gasteiger partial charge in [-0.25, -0.2) is 0 Å². The van der Waals surface area contributed by atoms with Crippen molar-refractivity contribution in [3.05, 3.63) is 49.8 Å². The van der Waals surface area contributed by atoms with Crippen LogP contribution in [0.25, 0.3) is 0 Å². The van der Waals surface area contributed by atoms with Gasteiger partial charge < -0.3 is 10.6 Å². The first kappa shape index (κ1) is 19.1. The number of amides is 1. The van der Waals surface area contributed by atoms with Gasteiger partial charge in [-0.3, -0.25) is 4.79 Å². The van der Waals surface area contributed by atoms with Gasteiger partial charge in [-0.15, -0.1) is 11.3 Å². The highest BCUT2D eigenvalue weighted by atomic mass is 35.5. The number of fused-ring (bicyclic) bond motifs is 3. The maximum Gasteiger partial charge on any atom is 0.256 e. The monoisotopic (exact) mass is 422 g/mol. The van der Waals surface area contributed by atoms with Gasteiger partial charge in [0.15, 0.2) is 0 Å². The second-order valence-corrected chi connectivity index (χ2v) is 10.1. The fourth-order valence-corrected chi connectivity index (χ4v) is 6.15. The van der Waals surface area contributed by atoms with Gasteiger partial charge in [0.1, 0.15) is 11.2 Å².